The number of hydrogen-bond acceptors (Lipinski definition) is 4. The standard InChI is InChI=1S/C26H22FN3O3/c1-15-8-9-18(14-16(15)2)23-24(29-20-12-10-19(11-13-20)28-17(3)31)26(33)30(25(23)32)22-7-5-4-6-21(22)27/h4-14,29H,1-3H3,(H,28,31). The second-order valence-electron chi connectivity index (χ2n) is 7.83. The summed E-state index contributed by atoms with van der Waals surface area (Å²) >= 11 is 0. The lowest BCUT2D eigenvalue weighted by molar-refractivity contribution is -0.120. The molecule has 0 saturated carbocycles. The third-order valence-electron chi connectivity index (χ3n) is 5.45. The molecule has 33 heavy (non-hydrogen) atoms. The molecule has 0 fully saturated rings. The summed E-state index contributed by atoms with van der Waals surface area (Å²) in [6.07, 6.45) is 0. The Morgan fingerprint density at radius 1 is 0.848 bits per heavy atom. The van der Waals surface area contributed by atoms with Gasteiger partial charge >= 0.3 is 0 Å². The SMILES string of the molecule is CC(=O)Nc1ccc(NC2=C(c3ccc(C)c(C)c3)C(=O)N(c3ccccc3F)C2=O)cc1. The number of anilines is 3. The van der Waals surface area contributed by atoms with Crippen LogP contribution >= 0.6 is 0 Å². The number of benzene rings is 3. The van der Waals surface area contributed by atoms with Crippen LogP contribution in [0.1, 0.15) is 23.6 Å². The first kappa shape index (κ1) is 22.0. The predicted octanol–water partition coefficient (Wildman–Crippen LogP) is 4.80. The van der Waals surface area contributed by atoms with Crippen molar-refractivity contribution in [2.45, 2.75) is 20.8 Å². The number of para-hydroxylation sites is 1. The molecule has 6 nitrogen and oxygen atoms in total. The van der Waals surface area contributed by atoms with Crippen LogP contribution in [0.25, 0.3) is 5.57 Å². The second kappa shape index (κ2) is 8.70. The minimum atomic E-state index is -0.667. The molecule has 0 atom stereocenters. The fourth-order valence-electron chi connectivity index (χ4n) is 3.65. The maximum absolute atomic E-state index is 14.5. The summed E-state index contributed by atoms with van der Waals surface area (Å²) in [5, 5.41) is 5.71. The average Bonchev–Trinajstić information content (AvgIpc) is 3.01. The lowest BCUT2D eigenvalue weighted by atomic mass is 9.99. The third kappa shape index (κ3) is 4.25. The van der Waals surface area contributed by atoms with Gasteiger partial charge in [-0.25, -0.2) is 9.29 Å². The Bertz CT molecular complexity index is 1310. The zero-order valence-corrected chi connectivity index (χ0v) is 18.4. The monoisotopic (exact) mass is 443 g/mol. The largest absolute Gasteiger partial charge is 0.350 e. The minimum absolute atomic E-state index is 0.0544. The number of nitrogens with one attached hydrogen (secondary N) is 2. The van der Waals surface area contributed by atoms with E-state index in [0.717, 1.165) is 16.0 Å². The topological polar surface area (TPSA) is 78.5 Å². The molecule has 1 aliphatic heterocycles. The molecule has 166 valence electrons. The summed E-state index contributed by atoms with van der Waals surface area (Å²) in [5.41, 5.74) is 3.82. The number of carbonyl (C=O) groups is 3. The van der Waals surface area contributed by atoms with Crippen molar-refractivity contribution in [1.82, 2.24) is 0 Å². The highest BCUT2D eigenvalue weighted by atomic mass is 19.1. The van der Waals surface area contributed by atoms with E-state index in [1.54, 1.807) is 36.4 Å². The minimum Gasteiger partial charge on any atom is -0.350 e. The van der Waals surface area contributed by atoms with E-state index < -0.39 is 17.6 Å². The van der Waals surface area contributed by atoms with Gasteiger partial charge in [-0.2, -0.15) is 0 Å². The normalized spacial score (nSPS) is 13.5. The fraction of sp³-hybridized carbons (Fsp3) is 0.115. The lowest BCUT2D eigenvalue weighted by Crippen LogP contribution is -2.33. The van der Waals surface area contributed by atoms with E-state index in [1.165, 1.54) is 25.1 Å². The summed E-state index contributed by atoms with van der Waals surface area (Å²) < 4.78 is 14.5. The summed E-state index contributed by atoms with van der Waals surface area (Å²) in [7, 11) is 0. The molecule has 0 saturated heterocycles. The molecule has 4 rings (SSSR count). The van der Waals surface area contributed by atoms with Crippen LogP contribution in [0.3, 0.4) is 0 Å². The summed E-state index contributed by atoms with van der Waals surface area (Å²) in [4.78, 5) is 38.9. The number of aryl methyl sites for hydroxylation is 2. The Balaban J connectivity index is 1.79. The Morgan fingerprint density at radius 3 is 2.15 bits per heavy atom. The van der Waals surface area contributed by atoms with E-state index in [9.17, 15) is 18.8 Å². The van der Waals surface area contributed by atoms with Crippen molar-refractivity contribution in [2.75, 3.05) is 15.5 Å². The smallest absolute Gasteiger partial charge is 0.282 e. The van der Waals surface area contributed by atoms with E-state index in [2.05, 4.69) is 10.6 Å². The van der Waals surface area contributed by atoms with Crippen molar-refractivity contribution in [3.8, 4) is 0 Å². The van der Waals surface area contributed by atoms with Gasteiger partial charge in [0.25, 0.3) is 11.8 Å². The first-order chi connectivity index (χ1) is 15.8. The van der Waals surface area contributed by atoms with Crippen LogP contribution in [-0.4, -0.2) is 17.7 Å². The highest BCUT2D eigenvalue weighted by Gasteiger charge is 2.41. The molecule has 3 amide bonds. The van der Waals surface area contributed by atoms with Gasteiger partial charge < -0.3 is 10.6 Å². The van der Waals surface area contributed by atoms with Crippen LogP contribution in [0, 0.1) is 19.7 Å². The molecule has 0 aliphatic carbocycles. The van der Waals surface area contributed by atoms with E-state index in [1.807, 2.05) is 26.0 Å². The molecule has 7 heteroatoms. The molecule has 1 aliphatic rings. The van der Waals surface area contributed by atoms with Gasteiger partial charge in [-0.05, 0) is 66.9 Å². The Morgan fingerprint density at radius 2 is 1.52 bits per heavy atom. The molecule has 0 unspecified atom stereocenters. The molecule has 0 bridgehead atoms. The van der Waals surface area contributed by atoms with E-state index in [4.69, 9.17) is 0 Å². The number of amides is 3. The van der Waals surface area contributed by atoms with Gasteiger partial charge in [-0.15, -0.1) is 0 Å². The molecule has 3 aromatic carbocycles. The number of hydrogen-bond donors (Lipinski definition) is 2. The van der Waals surface area contributed by atoms with Crippen LogP contribution in [0.2, 0.25) is 0 Å². The Kier molecular flexibility index (Phi) is 5.79. The molecule has 1 heterocycles. The molecular weight excluding hydrogens is 421 g/mol. The quantitative estimate of drug-likeness (QED) is 0.556. The fourth-order valence-corrected chi connectivity index (χ4v) is 3.65. The van der Waals surface area contributed by atoms with E-state index in [-0.39, 0.29) is 22.9 Å². The van der Waals surface area contributed by atoms with Crippen molar-refractivity contribution < 1.29 is 18.8 Å². The van der Waals surface area contributed by atoms with Crippen molar-refractivity contribution in [2.24, 2.45) is 0 Å². The maximum Gasteiger partial charge on any atom is 0.282 e. The van der Waals surface area contributed by atoms with Crippen LogP contribution in [0.15, 0.2) is 72.4 Å². The van der Waals surface area contributed by atoms with Gasteiger partial charge in [0.2, 0.25) is 5.91 Å². The van der Waals surface area contributed by atoms with Gasteiger partial charge in [0.1, 0.15) is 11.5 Å². The molecule has 0 spiro atoms. The van der Waals surface area contributed by atoms with Crippen molar-refractivity contribution >= 4 is 40.4 Å². The highest BCUT2D eigenvalue weighted by molar-refractivity contribution is 6.46. The van der Waals surface area contributed by atoms with Crippen molar-refractivity contribution in [3.05, 3.63) is 94.9 Å². The van der Waals surface area contributed by atoms with Crippen LogP contribution in [0.4, 0.5) is 21.5 Å². The predicted molar refractivity (Wildman–Crippen MR) is 126 cm³/mol. The number of halogens is 1. The van der Waals surface area contributed by atoms with Gasteiger partial charge in [-0.3, -0.25) is 14.4 Å². The first-order valence-electron chi connectivity index (χ1n) is 10.4. The molecule has 0 radical (unpaired) electrons. The lowest BCUT2D eigenvalue weighted by Gasteiger charge is -2.16. The average molecular weight is 443 g/mol. The molecular formula is C26H22FN3O3. The van der Waals surface area contributed by atoms with Crippen LogP contribution in [0.5, 0.6) is 0 Å². The Hall–Kier alpha value is -4.26. The second-order valence-corrected chi connectivity index (χ2v) is 7.83. The van der Waals surface area contributed by atoms with Crippen LogP contribution in [-0.2, 0) is 14.4 Å². The highest BCUT2D eigenvalue weighted by Crippen LogP contribution is 2.35. The van der Waals surface area contributed by atoms with Crippen molar-refractivity contribution in [1.29, 1.82) is 0 Å². The van der Waals surface area contributed by atoms with Crippen LogP contribution < -0.4 is 15.5 Å². The first-order valence-corrected chi connectivity index (χ1v) is 10.4. The Labute approximate surface area is 190 Å². The van der Waals surface area contributed by atoms with Gasteiger partial charge in [0, 0.05) is 18.3 Å². The van der Waals surface area contributed by atoms with Crippen molar-refractivity contribution in [3.63, 3.8) is 0 Å². The number of nitrogens with zero attached hydrogens (tertiary/aromatic N) is 1. The van der Waals surface area contributed by atoms with E-state index in [0.29, 0.717) is 16.9 Å². The molecule has 0 aromatic heterocycles. The van der Waals surface area contributed by atoms with Gasteiger partial charge in [0.05, 0.1) is 11.3 Å². The van der Waals surface area contributed by atoms with Gasteiger partial charge in [0.15, 0.2) is 0 Å². The zero-order valence-electron chi connectivity index (χ0n) is 18.4. The third-order valence-corrected chi connectivity index (χ3v) is 5.45. The maximum atomic E-state index is 14.5. The summed E-state index contributed by atoms with van der Waals surface area (Å²) in [6, 6.07) is 17.9. The number of rotatable bonds is 5. The summed E-state index contributed by atoms with van der Waals surface area (Å²) in [5.74, 6) is -2.12. The molecule has 3 aromatic rings. The van der Waals surface area contributed by atoms with E-state index >= 15 is 0 Å². The zero-order chi connectivity index (χ0) is 23.7. The number of carbonyl (C=O) groups excluding carboxylic acids is 3. The molecule has 2 N–H and O–H groups in total. The summed E-state index contributed by atoms with van der Waals surface area (Å²) in [6.45, 7) is 5.28. The number of imide groups is 1. The van der Waals surface area contributed by atoms with Gasteiger partial charge in [-0.1, -0.05) is 30.3 Å².